The molecule has 29 heavy (non-hydrogen) atoms. The normalized spacial score (nSPS) is 16.1. The lowest BCUT2D eigenvalue weighted by atomic mass is 10.1. The minimum absolute atomic E-state index is 0.0743. The third kappa shape index (κ3) is 5.02. The first-order chi connectivity index (χ1) is 14.2. The van der Waals surface area contributed by atoms with Crippen molar-refractivity contribution in [3.8, 4) is 5.75 Å². The monoisotopic (exact) mass is 390 g/mol. The number of phenols is 1. The average molecular weight is 390 g/mol. The molecule has 0 saturated heterocycles. The van der Waals surface area contributed by atoms with Crippen molar-refractivity contribution in [2.24, 2.45) is 0 Å². The Morgan fingerprint density at radius 2 is 1.83 bits per heavy atom. The van der Waals surface area contributed by atoms with Crippen molar-refractivity contribution in [3.05, 3.63) is 77.4 Å². The quantitative estimate of drug-likeness (QED) is 0.678. The molecule has 0 bridgehead atoms. The number of rotatable bonds is 6. The molecule has 2 aromatic carbocycles. The van der Waals surface area contributed by atoms with Crippen LogP contribution in [0.5, 0.6) is 5.75 Å². The second-order valence-corrected chi connectivity index (χ2v) is 7.60. The van der Waals surface area contributed by atoms with Gasteiger partial charge in [-0.2, -0.15) is 0 Å². The Bertz CT molecular complexity index is 951. The van der Waals surface area contributed by atoms with Crippen LogP contribution in [0.4, 0.5) is 0 Å². The van der Waals surface area contributed by atoms with E-state index >= 15 is 0 Å². The molecule has 1 aliphatic heterocycles. The van der Waals surface area contributed by atoms with Gasteiger partial charge in [-0.05, 0) is 42.5 Å². The molecular weight excluding hydrogens is 364 g/mol. The molecule has 2 N–H and O–H groups in total. The molecule has 2 heterocycles. The number of aryl methyl sites for hydroxylation is 2. The maximum Gasteiger partial charge on any atom is 0.220 e. The lowest BCUT2D eigenvalue weighted by Gasteiger charge is -2.16. The second-order valence-electron chi connectivity index (χ2n) is 7.60. The molecule has 6 nitrogen and oxygen atoms in total. The van der Waals surface area contributed by atoms with Gasteiger partial charge >= 0.3 is 0 Å². The van der Waals surface area contributed by atoms with E-state index in [4.69, 9.17) is 0 Å². The Labute approximate surface area is 170 Å². The average Bonchev–Trinajstić information content (AvgIpc) is 3.00. The zero-order valence-corrected chi connectivity index (χ0v) is 16.4. The Morgan fingerprint density at radius 1 is 1.03 bits per heavy atom. The fourth-order valence-corrected chi connectivity index (χ4v) is 3.82. The van der Waals surface area contributed by atoms with Crippen LogP contribution in [-0.4, -0.2) is 31.8 Å². The Kier molecular flexibility index (Phi) is 5.89. The van der Waals surface area contributed by atoms with Gasteiger partial charge in [0.15, 0.2) is 0 Å². The molecule has 1 atom stereocenters. The summed E-state index contributed by atoms with van der Waals surface area (Å²) in [5.74, 6) is 2.32. The predicted octanol–water partition coefficient (Wildman–Crippen LogP) is 3.03. The first-order valence-corrected chi connectivity index (χ1v) is 10.2. The smallest absolute Gasteiger partial charge is 0.220 e. The van der Waals surface area contributed by atoms with E-state index in [1.165, 1.54) is 5.56 Å². The summed E-state index contributed by atoms with van der Waals surface area (Å²) in [6.07, 6.45) is 4.49. The molecule has 0 fully saturated rings. The Hall–Kier alpha value is -3.15. The largest absolute Gasteiger partial charge is 0.508 e. The molecule has 6 heteroatoms. The summed E-state index contributed by atoms with van der Waals surface area (Å²) in [4.78, 5) is 12.4. The van der Waals surface area contributed by atoms with Crippen LogP contribution in [0.2, 0.25) is 0 Å². The SMILES string of the molecule is O=C(CCc1ccc(O)cc1)NC1CCc2nnc(Cc3ccccc3)n2CC1. The fourth-order valence-electron chi connectivity index (χ4n) is 3.82. The van der Waals surface area contributed by atoms with Crippen molar-refractivity contribution in [1.29, 1.82) is 0 Å². The van der Waals surface area contributed by atoms with Crippen molar-refractivity contribution in [2.75, 3.05) is 0 Å². The number of benzene rings is 2. The number of phenolic OH excluding ortho intramolecular Hbond substituents is 1. The van der Waals surface area contributed by atoms with E-state index in [9.17, 15) is 9.90 Å². The minimum atomic E-state index is 0.0743. The highest BCUT2D eigenvalue weighted by molar-refractivity contribution is 5.76. The highest BCUT2D eigenvalue weighted by Gasteiger charge is 2.21. The summed E-state index contributed by atoms with van der Waals surface area (Å²) in [7, 11) is 0. The molecular formula is C23H26N4O2. The summed E-state index contributed by atoms with van der Waals surface area (Å²) in [5, 5.41) is 21.3. The number of amides is 1. The van der Waals surface area contributed by atoms with E-state index in [1.807, 2.05) is 30.3 Å². The fraction of sp³-hybridized carbons (Fsp3) is 0.348. The highest BCUT2D eigenvalue weighted by Crippen LogP contribution is 2.18. The van der Waals surface area contributed by atoms with E-state index in [-0.39, 0.29) is 17.7 Å². The lowest BCUT2D eigenvalue weighted by molar-refractivity contribution is -0.121. The molecule has 1 amide bonds. The second kappa shape index (κ2) is 8.90. The van der Waals surface area contributed by atoms with Crippen LogP contribution in [0.25, 0.3) is 0 Å². The van der Waals surface area contributed by atoms with Gasteiger partial charge in [-0.15, -0.1) is 10.2 Å². The number of carbonyl (C=O) groups is 1. The number of aromatic hydroxyl groups is 1. The van der Waals surface area contributed by atoms with Crippen molar-refractivity contribution in [3.63, 3.8) is 0 Å². The van der Waals surface area contributed by atoms with Crippen molar-refractivity contribution in [1.82, 2.24) is 20.1 Å². The molecule has 0 radical (unpaired) electrons. The highest BCUT2D eigenvalue weighted by atomic mass is 16.3. The summed E-state index contributed by atoms with van der Waals surface area (Å²) < 4.78 is 2.22. The number of aromatic nitrogens is 3. The van der Waals surface area contributed by atoms with Crippen LogP contribution in [0, 0.1) is 0 Å². The Morgan fingerprint density at radius 3 is 2.62 bits per heavy atom. The van der Waals surface area contributed by atoms with Gasteiger partial charge < -0.3 is 15.0 Å². The van der Waals surface area contributed by atoms with Crippen molar-refractivity contribution >= 4 is 5.91 Å². The van der Waals surface area contributed by atoms with E-state index in [2.05, 4.69) is 32.2 Å². The van der Waals surface area contributed by atoms with Crippen LogP contribution in [0.3, 0.4) is 0 Å². The maximum atomic E-state index is 12.4. The van der Waals surface area contributed by atoms with Gasteiger partial charge in [-0.3, -0.25) is 4.79 Å². The van der Waals surface area contributed by atoms with Crippen LogP contribution in [-0.2, 0) is 30.6 Å². The van der Waals surface area contributed by atoms with E-state index in [0.29, 0.717) is 12.8 Å². The molecule has 1 aromatic heterocycles. The first kappa shape index (κ1) is 19.2. The van der Waals surface area contributed by atoms with Gasteiger partial charge in [0, 0.05) is 31.8 Å². The molecule has 1 aliphatic rings. The zero-order valence-electron chi connectivity index (χ0n) is 16.4. The zero-order chi connectivity index (χ0) is 20.1. The van der Waals surface area contributed by atoms with Crippen LogP contribution < -0.4 is 5.32 Å². The summed E-state index contributed by atoms with van der Waals surface area (Å²) in [6.45, 7) is 0.827. The van der Waals surface area contributed by atoms with Gasteiger partial charge in [0.2, 0.25) is 5.91 Å². The molecule has 0 saturated carbocycles. The molecule has 4 rings (SSSR count). The lowest BCUT2D eigenvalue weighted by Crippen LogP contribution is -2.35. The molecule has 150 valence electrons. The van der Waals surface area contributed by atoms with Gasteiger partial charge in [-0.1, -0.05) is 42.5 Å². The number of nitrogens with one attached hydrogen (secondary N) is 1. The van der Waals surface area contributed by atoms with E-state index in [0.717, 1.165) is 49.4 Å². The summed E-state index contributed by atoms with van der Waals surface area (Å²) in [6, 6.07) is 17.5. The number of hydrogen-bond donors (Lipinski definition) is 2. The van der Waals surface area contributed by atoms with Gasteiger partial charge in [0.05, 0.1) is 0 Å². The first-order valence-electron chi connectivity index (χ1n) is 10.2. The number of nitrogens with zero attached hydrogens (tertiary/aromatic N) is 3. The molecule has 0 spiro atoms. The van der Waals surface area contributed by atoms with Gasteiger partial charge in [0.25, 0.3) is 0 Å². The topological polar surface area (TPSA) is 80.0 Å². The molecule has 3 aromatic rings. The van der Waals surface area contributed by atoms with Crippen LogP contribution >= 0.6 is 0 Å². The third-order valence-electron chi connectivity index (χ3n) is 5.47. The third-order valence-corrected chi connectivity index (χ3v) is 5.47. The number of carbonyl (C=O) groups excluding carboxylic acids is 1. The van der Waals surface area contributed by atoms with Gasteiger partial charge in [-0.25, -0.2) is 0 Å². The molecule has 0 aliphatic carbocycles. The number of hydrogen-bond acceptors (Lipinski definition) is 4. The van der Waals surface area contributed by atoms with Crippen molar-refractivity contribution in [2.45, 2.75) is 51.1 Å². The van der Waals surface area contributed by atoms with E-state index in [1.54, 1.807) is 12.1 Å². The van der Waals surface area contributed by atoms with Crippen molar-refractivity contribution < 1.29 is 9.90 Å². The Balaban J connectivity index is 1.30. The predicted molar refractivity (Wildman–Crippen MR) is 111 cm³/mol. The summed E-state index contributed by atoms with van der Waals surface area (Å²) >= 11 is 0. The standard InChI is InChI=1S/C23H26N4O2/c28-20-10-6-17(7-11-20)8-13-23(29)24-19-9-12-21-25-26-22(27(21)15-14-19)16-18-4-2-1-3-5-18/h1-7,10-11,19,28H,8-9,12-16H2,(H,24,29). The molecule has 1 unspecified atom stereocenters. The minimum Gasteiger partial charge on any atom is -0.508 e. The summed E-state index contributed by atoms with van der Waals surface area (Å²) in [5.41, 5.74) is 2.28. The van der Waals surface area contributed by atoms with Crippen LogP contribution in [0.1, 0.15) is 42.0 Å². The maximum absolute atomic E-state index is 12.4. The van der Waals surface area contributed by atoms with Gasteiger partial charge in [0.1, 0.15) is 17.4 Å². The number of fused-ring (bicyclic) bond motifs is 1. The van der Waals surface area contributed by atoms with E-state index < -0.39 is 0 Å². The van der Waals surface area contributed by atoms with Crippen LogP contribution in [0.15, 0.2) is 54.6 Å².